The summed E-state index contributed by atoms with van der Waals surface area (Å²) in [5.41, 5.74) is 0.736. The minimum absolute atomic E-state index is 0.0539. The molecule has 0 bridgehead atoms. The van der Waals surface area contributed by atoms with Crippen molar-refractivity contribution in [3.05, 3.63) is 59.9 Å². The van der Waals surface area contributed by atoms with Crippen LogP contribution in [0.4, 0.5) is 27.6 Å². The van der Waals surface area contributed by atoms with Gasteiger partial charge in [0.05, 0.1) is 29.7 Å². The van der Waals surface area contributed by atoms with Crippen LogP contribution in [0.3, 0.4) is 0 Å². The maximum Gasteiger partial charge on any atom is 0.390 e. The number of anilines is 1. The Hall–Kier alpha value is -3.43. The van der Waals surface area contributed by atoms with Gasteiger partial charge in [-0.3, -0.25) is 9.48 Å². The maximum atomic E-state index is 13.6. The number of carbonyl (C=O) groups is 1. The first-order chi connectivity index (χ1) is 13.7. The number of fused-ring (bicyclic) bond motifs is 2. The minimum Gasteiger partial charge on any atom is -0.359 e. The van der Waals surface area contributed by atoms with E-state index in [2.05, 4.69) is 15.4 Å². The number of hydrogen-bond donors (Lipinski definition) is 2. The minimum atomic E-state index is -4.41. The number of halogens is 5. The second-order valence-electron chi connectivity index (χ2n) is 6.42. The lowest BCUT2D eigenvalue weighted by molar-refractivity contribution is -0.137. The zero-order valence-corrected chi connectivity index (χ0v) is 14.6. The van der Waals surface area contributed by atoms with E-state index in [1.54, 1.807) is 24.3 Å². The molecule has 0 unspecified atom stereocenters. The van der Waals surface area contributed by atoms with E-state index in [0.717, 1.165) is 16.8 Å². The smallest absolute Gasteiger partial charge is 0.359 e. The third-order valence-corrected chi connectivity index (χ3v) is 4.44. The number of H-pyrrole nitrogens is 1. The Kier molecular flexibility index (Phi) is 4.48. The quantitative estimate of drug-likeness (QED) is 0.467. The first kappa shape index (κ1) is 18.9. The Morgan fingerprint density at radius 3 is 2.59 bits per heavy atom. The topological polar surface area (TPSA) is 62.7 Å². The lowest BCUT2D eigenvalue weighted by atomic mass is 10.2. The van der Waals surface area contributed by atoms with E-state index < -0.39 is 36.7 Å². The lowest BCUT2D eigenvalue weighted by Crippen LogP contribution is -2.20. The summed E-state index contributed by atoms with van der Waals surface area (Å²) < 4.78 is 66.0. The Morgan fingerprint density at radius 1 is 1.10 bits per heavy atom. The number of amides is 1. The van der Waals surface area contributed by atoms with Crippen molar-refractivity contribution in [1.29, 1.82) is 0 Å². The highest BCUT2D eigenvalue weighted by molar-refractivity contribution is 6.14. The SMILES string of the molecule is O=C(Nc1c[nH]c2cc(F)c(F)cc12)c1c2ccccc2nn1CCC(F)(F)F. The van der Waals surface area contributed by atoms with Crippen LogP contribution in [0.5, 0.6) is 0 Å². The van der Waals surface area contributed by atoms with Crippen molar-refractivity contribution >= 4 is 33.4 Å². The van der Waals surface area contributed by atoms with E-state index in [1.807, 2.05) is 0 Å². The lowest BCUT2D eigenvalue weighted by Gasteiger charge is -2.10. The van der Waals surface area contributed by atoms with Gasteiger partial charge < -0.3 is 10.3 Å². The molecule has 0 atom stereocenters. The largest absolute Gasteiger partial charge is 0.390 e. The van der Waals surface area contributed by atoms with Crippen LogP contribution in [-0.4, -0.2) is 26.8 Å². The van der Waals surface area contributed by atoms with E-state index in [1.165, 1.54) is 6.20 Å². The predicted molar refractivity (Wildman–Crippen MR) is 96.6 cm³/mol. The van der Waals surface area contributed by atoms with Crippen LogP contribution in [0.15, 0.2) is 42.6 Å². The fourth-order valence-corrected chi connectivity index (χ4v) is 3.12. The van der Waals surface area contributed by atoms with Crippen molar-refractivity contribution in [1.82, 2.24) is 14.8 Å². The van der Waals surface area contributed by atoms with Crippen LogP contribution in [-0.2, 0) is 6.54 Å². The van der Waals surface area contributed by atoms with Gasteiger partial charge >= 0.3 is 6.18 Å². The molecule has 29 heavy (non-hydrogen) atoms. The van der Waals surface area contributed by atoms with Crippen LogP contribution < -0.4 is 5.32 Å². The highest BCUT2D eigenvalue weighted by atomic mass is 19.4. The Morgan fingerprint density at radius 2 is 1.83 bits per heavy atom. The van der Waals surface area contributed by atoms with Crippen LogP contribution in [0.1, 0.15) is 16.9 Å². The van der Waals surface area contributed by atoms with Crippen molar-refractivity contribution in [2.45, 2.75) is 19.1 Å². The highest BCUT2D eigenvalue weighted by Gasteiger charge is 2.29. The van der Waals surface area contributed by atoms with Crippen LogP contribution >= 0.6 is 0 Å². The van der Waals surface area contributed by atoms with Crippen molar-refractivity contribution in [3.8, 4) is 0 Å². The van der Waals surface area contributed by atoms with Gasteiger partial charge in [0.2, 0.25) is 0 Å². The van der Waals surface area contributed by atoms with Gasteiger partial charge in [0.25, 0.3) is 5.91 Å². The number of aryl methyl sites for hydroxylation is 1. The molecule has 0 fully saturated rings. The zero-order valence-electron chi connectivity index (χ0n) is 14.6. The van der Waals surface area contributed by atoms with Gasteiger partial charge in [-0.2, -0.15) is 18.3 Å². The van der Waals surface area contributed by atoms with Crippen molar-refractivity contribution in [2.24, 2.45) is 0 Å². The third kappa shape index (κ3) is 3.65. The van der Waals surface area contributed by atoms with Crippen LogP contribution in [0.2, 0.25) is 0 Å². The summed E-state index contributed by atoms with van der Waals surface area (Å²) in [5, 5.41) is 7.24. The van der Waals surface area contributed by atoms with Gasteiger partial charge in [-0.05, 0) is 12.1 Å². The number of alkyl halides is 3. The van der Waals surface area contributed by atoms with Crippen molar-refractivity contribution in [3.63, 3.8) is 0 Å². The third-order valence-electron chi connectivity index (χ3n) is 4.44. The first-order valence-electron chi connectivity index (χ1n) is 8.53. The molecule has 0 saturated heterocycles. The molecule has 0 spiro atoms. The summed E-state index contributed by atoms with van der Waals surface area (Å²) >= 11 is 0. The molecular weight excluding hydrogens is 395 g/mol. The number of aromatic amines is 1. The number of hydrogen-bond acceptors (Lipinski definition) is 2. The second kappa shape index (κ2) is 6.87. The molecule has 1 amide bonds. The summed E-state index contributed by atoms with van der Waals surface area (Å²) in [6.45, 7) is -0.533. The summed E-state index contributed by atoms with van der Waals surface area (Å²) in [7, 11) is 0. The summed E-state index contributed by atoms with van der Waals surface area (Å²) in [4.78, 5) is 15.6. The molecule has 2 aromatic heterocycles. The van der Waals surface area contributed by atoms with Gasteiger partial charge in [-0.25, -0.2) is 8.78 Å². The van der Waals surface area contributed by atoms with Crippen LogP contribution in [0, 0.1) is 11.6 Å². The Balaban J connectivity index is 1.72. The van der Waals surface area contributed by atoms with Gasteiger partial charge in [-0.1, -0.05) is 18.2 Å². The number of rotatable bonds is 4. The highest BCUT2D eigenvalue weighted by Crippen LogP contribution is 2.28. The average Bonchev–Trinajstić information content (AvgIpc) is 3.21. The molecule has 4 rings (SSSR count). The first-order valence-corrected chi connectivity index (χ1v) is 8.53. The molecule has 0 saturated carbocycles. The standard InChI is InChI=1S/C19H13F5N4O/c20-12-7-11-15(8-13(12)21)25-9-16(11)26-18(29)17-10-3-1-2-4-14(10)27-28(17)6-5-19(22,23)24/h1-4,7-9,25H,5-6H2,(H,26,29). The van der Waals surface area contributed by atoms with Gasteiger partial charge in [0.1, 0.15) is 5.69 Å². The molecule has 10 heteroatoms. The Bertz CT molecular complexity index is 1220. The molecule has 0 aliphatic rings. The summed E-state index contributed by atoms with van der Waals surface area (Å²) in [6.07, 6.45) is -4.22. The van der Waals surface area contributed by atoms with Gasteiger partial charge in [-0.15, -0.1) is 0 Å². The second-order valence-corrected chi connectivity index (χ2v) is 6.42. The number of carbonyl (C=O) groups excluding carboxylic acids is 1. The molecule has 2 heterocycles. The molecule has 2 N–H and O–H groups in total. The van der Waals surface area contributed by atoms with E-state index >= 15 is 0 Å². The molecule has 0 aliphatic carbocycles. The fraction of sp³-hybridized carbons (Fsp3) is 0.158. The zero-order chi connectivity index (χ0) is 20.8. The van der Waals surface area contributed by atoms with Crippen molar-refractivity contribution in [2.75, 3.05) is 5.32 Å². The molecular formula is C19H13F5N4O. The maximum absolute atomic E-state index is 13.6. The van der Waals surface area contributed by atoms with Crippen LogP contribution in [0.25, 0.3) is 21.8 Å². The summed E-state index contributed by atoms with van der Waals surface area (Å²) in [5.74, 6) is -2.85. The molecule has 0 aliphatic heterocycles. The van der Waals surface area contributed by atoms with E-state index in [-0.39, 0.29) is 22.3 Å². The molecule has 0 radical (unpaired) electrons. The Labute approximate surface area is 160 Å². The summed E-state index contributed by atoms with van der Waals surface area (Å²) in [6, 6.07) is 8.33. The van der Waals surface area contributed by atoms with Crippen molar-refractivity contribution < 1.29 is 26.7 Å². The predicted octanol–water partition coefficient (Wildman–Crippen LogP) is 5.00. The average molecular weight is 408 g/mol. The van der Waals surface area contributed by atoms with E-state index in [9.17, 15) is 26.7 Å². The van der Waals surface area contributed by atoms with E-state index in [4.69, 9.17) is 0 Å². The molecule has 150 valence electrons. The number of aromatic nitrogens is 3. The van der Waals surface area contributed by atoms with Gasteiger partial charge in [0, 0.05) is 23.0 Å². The van der Waals surface area contributed by atoms with E-state index in [0.29, 0.717) is 10.9 Å². The molecule has 5 nitrogen and oxygen atoms in total. The molecule has 2 aromatic carbocycles. The normalized spacial score (nSPS) is 12.0. The number of benzene rings is 2. The fourth-order valence-electron chi connectivity index (χ4n) is 3.12. The number of nitrogens with zero attached hydrogens (tertiary/aromatic N) is 2. The molecule has 4 aromatic rings. The monoisotopic (exact) mass is 408 g/mol. The number of nitrogens with one attached hydrogen (secondary N) is 2. The van der Waals surface area contributed by atoms with Gasteiger partial charge in [0.15, 0.2) is 11.6 Å².